The zero-order valence-corrected chi connectivity index (χ0v) is 18.9. The minimum absolute atomic E-state index is 0.0479. The molecule has 31 heavy (non-hydrogen) atoms. The molecular weight excluding hydrogens is 412 g/mol. The standard InChI is InChI=1S/C25H27ClN2O3/c1-16(2)31-21-12-10-20(11-13-21)28-24(29)22(18-6-8-19(26)9-7-18)23(25(28)30)27-14-4-5-17(3)15-27/h6-13,16-17H,4-5,14-15H2,1-3H3. The van der Waals surface area contributed by atoms with Crippen molar-refractivity contribution in [2.75, 3.05) is 18.0 Å². The van der Waals surface area contributed by atoms with Gasteiger partial charge in [0.05, 0.1) is 17.4 Å². The fourth-order valence-electron chi connectivity index (χ4n) is 4.26. The van der Waals surface area contributed by atoms with E-state index < -0.39 is 0 Å². The number of carbonyl (C=O) groups is 2. The average Bonchev–Trinajstić information content (AvgIpc) is 2.99. The van der Waals surface area contributed by atoms with Crippen LogP contribution in [-0.4, -0.2) is 35.9 Å². The highest BCUT2D eigenvalue weighted by Crippen LogP contribution is 2.37. The second kappa shape index (κ2) is 8.75. The van der Waals surface area contributed by atoms with E-state index in [0.29, 0.717) is 39.2 Å². The number of nitrogens with zero attached hydrogens (tertiary/aromatic N) is 2. The molecule has 1 saturated heterocycles. The third kappa shape index (κ3) is 4.33. The monoisotopic (exact) mass is 438 g/mol. The first-order chi connectivity index (χ1) is 14.8. The predicted octanol–water partition coefficient (Wildman–Crippen LogP) is 5.14. The van der Waals surface area contributed by atoms with Gasteiger partial charge < -0.3 is 9.64 Å². The zero-order chi connectivity index (χ0) is 22.1. The Bertz CT molecular complexity index is 1010. The molecule has 1 atom stereocenters. The molecule has 2 aromatic carbocycles. The molecule has 1 unspecified atom stereocenters. The first-order valence-corrected chi connectivity index (χ1v) is 11.1. The lowest BCUT2D eigenvalue weighted by atomic mass is 9.98. The summed E-state index contributed by atoms with van der Waals surface area (Å²) in [6.45, 7) is 7.62. The smallest absolute Gasteiger partial charge is 0.282 e. The maximum absolute atomic E-state index is 13.6. The Labute approximate surface area is 188 Å². The molecule has 0 aromatic heterocycles. The number of carbonyl (C=O) groups excluding carboxylic acids is 2. The van der Waals surface area contributed by atoms with Crippen molar-refractivity contribution in [3.8, 4) is 5.75 Å². The van der Waals surface area contributed by atoms with Crippen LogP contribution >= 0.6 is 11.6 Å². The SMILES string of the molecule is CC1CCCN(C2=C(c3ccc(Cl)cc3)C(=O)N(c3ccc(OC(C)C)cc3)C2=O)C1. The molecule has 1 fully saturated rings. The number of rotatable bonds is 5. The first kappa shape index (κ1) is 21.4. The molecule has 0 spiro atoms. The Kier molecular flexibility index (Phi) is 6.05. The molecule has 2 aromatic rings. The molecule has 4 rings (SSSR count). The van der Waals surface area contributed by atoms with Crippen LogP contribution < -0.4 is 9.64 Å². The van der Waals surface area contributed by atoms with Gasteiger partial charge in [-0.15, -0.1) is 0 Å². The van der Waals surface area contributed by atoms with Gasteiger partial charge in [0.25, 0.3) is 11.8 Å². The first-order valence-electron chi connectivity index (χ1n) is 10.8. The van der Waals surface area contributed by atoms with Crippen molar-refractivity contribution in [2.45, 2.75) is 39.7 Å². The Balaban J connectivity index is 1.74. The fourth-order valence-corrected chi connectivity index (χ4v) is 4.39. The number of benzene rings is 2. The summed E-state index contributed by atoms with van der Waals surface area (Å²) in [5.41, 5.74) is 2.18. The van der Waals surface area contributed by atoms with Crippen LogP contribution in [0.1, 0.15) is 39.2 Å². The average molecular weight is 439 g/mol. The van der Waals surface area contributed by atoms with Crippen LogP contribution in [0.5, 0.6) is 5.75 Å². The van der Waals surface area contributed by atoms with Crippen LogP contribution in [0, 0.1) is 5.92 Å². The highest BCUT2D eigenvalue weighted by atomic mass is 35.5. The molecule has 0 bridgehead atoms. The minimum atomic E-state index is -0.307. The third-order valence-corrected chi connectivity index (χ3v) is 5.88. The molecule has 5 nitrogen and oxygen atoms in total. The molecule has 2 aliphatic rings. The van der Waals surface area contributed by atoms with Gasteiger partial charge in [0, 0.05) is 18.1 Å². The number of hydrogen-bond acceptors (Lipinski definition) is 4. The lowest BCUT2D eigenvalue weighted by Gasteiger charge is -2.33. The number of hydrogen-bond donors (Lipinski definition) is 0. The minimum Gasteiger partial charge on any atom is -0.491 e. The van der Waals surface area contributed by atoms with E-state index in [0.717, 1.165) is 25.9 Å². The number of halogens is 1. The topological polar surface area (TPSA) is 49.9 Å². The number of amides is 2. The van der Waals surface area contributed by atoms with E-state index in [4.69, 9.17) is 16.3 Å². The van der Waals surface area contributed by atoms with Gasteiger partial charge in [0.15, 0.2) is 0 Å². The maximum atomic E-state index is 13.6. The van der Waals surface area contributed by atoms with E-state index in [-0.39, 0.29) is 17.9 Å². The summed E-state index contributed by atoms with van der Waals surface area (Å²) in [6.07, 6.45) is 2.18. The largest absolute Gasteiger partial charge is 0.491 e. The van der Waals surface area contributed by atoms with Gasteiger partial charge in [-0.05, 0) is 74.6 Å². The van der Waals surface area contributed by atoms with Crippen molar-refractivity contribution in [3.05, 3.63) is 64.8 Å². The molecule has 0 N–H and O–H groups in total. The molecular formula is C25H27ClN2O3. The van der Waals surface area contributed by atoms with Crippen LogP contribution in [-0.2, 0) is 9.59 Å². The van der Waals surface area contributed by atoms with Gasteiger partial charge in [-0.1, -0.05) is 30.7 Å². The summed E-state index contributed by atoms with van der Waals surface area (Å²) in [7, 11) is 0. The Morgan fingerprint density at radius 3 is 2.29 bits per heavy atom. The highest BCUT2D eigenvalue weighted by Gasteiger charge is 2.43. The van der Waals surface area contributed by atoms with Gasteiger partial charge >= 0.3 is 0 Å². The predicted molar refractivity (Wildman–Crippen MR) is 123 cm³/mol. The van der Waals surface area contributed by atoms with Crippen molar-refractivity contribution < 1.29 is 14.3 Å². The van der Waals surface area contributed by atoms with Crippen molar-refractivity contribution in [2.24, 2.45) is 5.92 Å². The second-order valence-electron chi connectivity index (χ2n) is 8.53. The van der Waals surface area contributed by atoms with Gasteiger partial charge in [-0.25, -0.2) is 4.90 Å². The van der Waals surface area contributed by atoms with Crippen LogP contribution in [0.3, 0.4) is 0 Å². The molecule has 6 heteroatoms. The molecule has 0 saturated carbocycles. The van der Waals surface area contributed by atoms with E-state index in [1.54, 1.807) is 48.5 Å². The summed E-state index contributed by atoms with van der Waals surface area (Å²) in [6, 6.07) is 14.2. The highest BCUT2D eigenvalue weighted by molar-refractivity contribution is 6.45. The van der Waals surface area contributed by atoms with Gasteiger partial charge in [-0.2, -0.15) is 0 Å². The van der Waals surface area contributed by atoms with E-state index >= 15 is 0 Å². The molecule has 0 radical (unpaired) electrons. The van der Waals surface area contributed by atoms with Gasteiger partial charge in [0.2, 0.25) is 0 Å². The van der Waals surface area contributed by atoms with E-state index in [1.165, 1.54) is 4.90 Å². The van der Waals surface area contributed by atoms with Crippen LogP contribution in [0.4, 0.5) is 5.69 Å². The number of piperidine rings is 1. The summed E-state index contributed by atoms with van der Waals surface area (Å²) in [5, 5.41) is 0.590. The molecule has 2 aliphatic heterocycles. The van der Waals surface area contributed by atoms with Crippen molar-refractivity contribution in [1.29, 1.82) is 0 Å². The normalized spacial score (nSPS) is 19.6. The molecule has 2 amide bonds. The van der Waals surface area contributed by atoms with E-state index in [2.05, 4.69) is 11.8 Å². The maximum Gasteiger partial charge on any atom is 0.282 e. The molecule has 2 heterocycles. The number of likely N-dealkylation sites (tertiary alicyclic amines) is 1. The zero-order valence-electron chi connectivity index (χ0n) is 18.1. The summed E-state index contributed by atoms with van der Waals surface area (Å²) in [4.78, 5) is 30.5. The van der Waals surface area contributed by atoms with Crippen molar-refractivity contribution in [1.82, 2.24) is 4.90 Å². The van der Waals surface area contributed by atoms with Gasteiger partial charge in [-0.3, -0.25) is 9.59 Å². The van der Waals surface area contributed by atoms with E-state index in [9.17, 15) is 9.59 Å². The summed E-state index contributed by atoms with van der Waals surface area (Å²) < 4.78 is 5.70. The quantitative estimate of drug-likeness (QED) is 0.606. The Morgan fingerprint density at radius 2 is 1.68 bits per heavy atom. The number of ether oxygens (including phenoxy) is 1. The number of imide groups is 1. The molecule has 0 aliphatic carbocycles. The van der Waals surface area contributed by atoms with E-state index in [1.807, 2.05) is 13.8 Å². The number of anilines is 1. The van der Waals surface area contributed by atoms with Crippen molar-refractivity contribution >= 4 is 34.7 Å². The van der Waals surface area contributed by atoms with Gasteiger partial charge in [0.1, 0.15) is 11.4 Å². The third-order valence-electron chi connectivity index (χ3n) is 5.63. The van der Waals surface area contributed by atoms with Crippen LogP contribution in [0.25, 0.3) is 5.57 Å². The van der Waals surface area contributed by atoms with Crippen LogP contribution in [0.2, 0.25) is 5.02 Å². The Hall–Kier alpha value is -2.79. The summed E-state index contributed by atoms with van der Waals surface area (Å²) >= 11 is 6.06. The van der Waals surface area contributed by atoms with Crippen LogP contribution in [0.15, 0.2) is 54.2 Å². The fraction of sp³-hybridized carbons (Fsp3) is 0.360. The lowest BCUT2D eigenvalue weighted by molar-refractivity contribution is -0.120. The Morgan fingerprint density at radius 1 is 1.00 bits per heavy atom. The lowest BCUT2D eigenvalue weighted by Crippen LogP contribution is -2.39. The summed E-state index contributed by atoms with van der Waals surface area (Å²) in [5.74, 6) is 0.589. The van der Waals surface area contributed by atoms with Crippen molar-refractivity contribution in [3.63, 3.8) is 0 Å². The second-order valence-corrected chi connectivity index (χ2v) is 8.97. The molecule has 162 valence electrons.